The molecule has 5 nitrogen and oxygen atoms in total. The summed E-state index contributed by atoms with van der Waals surface area (Å²) < 4.78 is 2.01. The van der Waals surface area contributed by atoms with Crippen molar-refractivity contribution in [1.82, 2.24) is 19.6 Å². The van der Waals surface area contributed by atoms with Crippen LogP contribution in [0.15, 0.2) is 36.4 Å². The molecule has 3 aromatic rings. The monoisotopic (exact) mass is 267 g/mol. The van der Waals surface area contributed by atoms with E-state index in [0.717, 1.165) is 35.9 Å². The lowest BCUT2D eigenvalue weighted by atomic mass is 10.3. The quantitative estimate of drug-likeness (QED) is 0.788. The van der Waals surface area contributed by atoms with Crippen LogP contribution in [0, 0.1) is 13.8 Å². The van der Waals surface area contributed by atoms with Gasteiger partial charge < -0.3 is 5.32 Å². The Morgan fingerprint density at radius 2 is 1.90 bits per heavy atom. The highest BCUT2D eigenvalue weighted by atomic mass is 15.3. The van der Waals surface area contributed by atoms with Crippen LogP contribution >= 0.6 is 0 Å². The molecule has 0 saturated carbocycles. The summed E-state index contributed by atoms with van der Waals surface area (Å²) in [7, 11) is 0. The fourth-order valence-corrected chi connectivity index (χ4v) is 2.33. The van der Waals surface area contributed by atoms with Crippen molar-refractivity contribution < 1.29 is 0 Å². The van der Waals surface area contributed by atoms with E-state index >= 15 is 0 Å². The minimum Gasteiger partial charge on any atom is -0.385 e. The van der Waals surface area contributed by atoms with E-state index in [2.05, 4.69) is 39.6 Å². The van der Waals surface area contributed by atoms with Gasteiger partial charge in [0.25, 0.3) is 5.78 Å². The Hall–Kier alpha value is -2.43. The van der Waals surface area contributed by atoms with Crippen molar-refractivity contribution in [2.45, 2.75) is 20.3 Å². The topological polar surface area (TPSA) is 55.1 Å². The zero-order valence-corrected chi connectivity index (χ0v) is 11.7. The maximum absolute atomic E-state index is 4.39. The minimum atomic E-state index is 0.678. The molecule has 0 aliphatic heterocycles. The van der Waals surface area contributed by atoms with Gasteiger partial charge in [0.05, 0.1) is 0 Å². The van der Waals surface area contributed by atoms with Gasteiger partial charge in [0.15, 0.2) is 0 Å². The number of fused-ring (bicyclic) bond motifs is 1. The first-order valence-corrected chi connectivity index (χ1v) is 6.71. The Morgan fingerprint density at radius 3 is 2.70 bits per heavy atom. The summed E-state index contributed by atoms with van der Waals surface area (Å²) in [6.45, 7) is 4.84. The van der Waals surface area contributed by atoms with E-state index in [1.54, 1.807) is 0 Å². The van der Waals surface area contributed by atoms with Crippen LogP contribution in [0.5, 0.6) is 0 Å². The maximum Gasteiger partial charge on any atom is 0.255 e. The van der Waals surface area contributed by atoms with Gasteiger partial charge in [0.1, 0.15) is 5.82 Å². The second kappa shape index (κ2) is 5.28. The average molecular weight is 267 g/mol. The second-order valence-electron chi connectivity index (χ2n) is 4.83. The molecular formula is C15H17N5. The third-order valence-electron chi connectivity index (χ3n) is 3.21. The fraction of sp³-hybridized carbons (Fsp3) is 0.267. The van der Waals surface area contributed by atoms with Gasteiger partial charge in [-0.15, -0.1) is 10.2 Å². The largest absolute Gasteiger partial charge is 0.385 e. The molecule has 2 aromatic heterocycles. The zero-order chi connectivity index (χ0) is 13.9. The van der Waals surface area contributed by atoms with Crippen molar-refractivity contribution in [3.05, 3.63) is 53.6 Å². The molecule has 0 saturated heterocycles. The van der Waals surface area contributed by atoms with Crippen LogP contribution in [0.25, 0.3) is 5.78 Å². The second-order valence-corrected chi connectivity index (χ2v) is 4.83. The molecule has 5 heteroatoms. The molecule has 102 valence electrons. The van der Waals surface area contributed by atoms with Gasteiger partial charge >= 0.3 is 0 Å². The summed E-state index contributed by atoms with van der Waals surface area (Å²) in [4.78, 5) is 4.39. The number of hydrogen-bond acceptors (Lipinski definition) is 4. The van der Waals surface area contributed by atoms with Gasteiger partial charge in [-0.1, -0.05) is 18.2 Å². The number of aromatic nitrogens is 4. The van der Waals surface area contributed by atoms with Gasteiger partial charge in [0.2, 0.25) is 0 Å². The number of nitrogens with one attached hydrogen (secondary N) is 1. The van der Waals surface area contributed by atoms with Crippen LogP contribution in [0.4, 0.5) is 5.69 Å². The molecular weight excluding hydrogens is 250 g/mol. The zero-order valence-electron chi connectivity index (χ0n) is 11.7. The average Bonchev–Trinajstić information content (AvgIpc) is 2.83. The lowest BCUT2D eigenvalue weighted by molar-refractivity contribution is 0.853. The lowest BCUT2D eigenvalue weighted by Gasteiger charge is -2.06. The molecule has 2 heterocycles. The Labute approximate surface area is 117 Å². The van der Waals surface area contributed by atoms with Crippen molar-refractivity contribution in [2.24, 2.45) is 0 Å². The summed E-state index contributed by atoms with van der Waals surface area (Å²) >= 11 is 0. The Morgan fingerprint density at radius 1 is 1.10 bits per heavy atom. The molecule has 0 radical (unpaired) electrons. The molecule has 1 N–H and O–H groups in total. The normalized spacial score (nSPS) is 10.9. The molecule has 0 spiro atoms. The first-order valence-electron chi connectivity index (χ1n) is 6.71. The summed E-state index contributed by atoms with van der Waals surface area (Å²) in [6.07, 6.45) is 0.807. The van der Waals surface area contributed by atoms with E-state index in [4.69, 9.17) is 0 Å². The molecule has 0 aliphatic carbocycles. The summed E-state index contributed by atoms with van der Waals surface area (Å²) in [5.41, 5.74) is 3.20. The van der Waals surface area contributed by atoms with Crippen LogP contribution in [0.3, 0.4) is 0 Å². The van der Waals surface area contributed by atoms with E-state index < -0.39 is 0 Å². The smallest absolute Gasteiger partial charge is 0.255 e. The van der Waals surface area contributed by atoms with Crippen molar-refractivity contribution in [3.8, 4) is 0 Å². The predicted molar refractivity (Wildman–Crippen MR) is 78.9 cm³/mol. The maximum atomic E-state index is 4.39. The Kier molecular flexibility index (Phi) is 3.33. The SMILES string of the molecule is Cc1cc(C)n2c(CCNc3ccccc3)nnc2n1. The Balaban J connectivity index is 1.75. The van der Waals surface area contributed by atoms with Crippen LogP contribution in [-0.4, -0.2) is 26.1 Å². The van der Waals surface area contributed by atoms with Crippen molar-refractivity contribution in [3.63, 3.8) is 0 Å². The molecule has 0 unspecified atom stereocenters. The number of benzene rings is 1. The molecule has 20 heavy (non-hydrogen) atoms. The minimum absolute atomic E-state index is 0.678. The van der Waals surface area contributed by atoms with Gasteiger partial charge in [-0.05, 0) is 32.0 Å². The van der Waals surface area contributed by atoms with Crippen molar-refractivity contribution in [2.75, 3.05) is 11.9 Å². The first-order chi connectivity index (χ1) is 9.74. The van der Waals surface area contributed by atoms with Crippen molar-refractivity contribution in [1.29, 1.82) is 0 Å². The fourth-order valence-electron chi connectivity index (χ4n) is 2.33. The summed E-state index contributed by atoms with van der Waals surface area (Å²) in [5.74, 6) is 1.62. The molecule has 0 atom stereocenters. The van der Waals surface area contributed by atoms with Crippen LogP contribution in [0.1, 0.15) is 17.2 Å². The highest BCUT2D eigenvalue weighted by Crippen LogP contribution is 2.09. The molecule has 1 aromatic carbocycles. The number of hydrogen-bond donors (Lipinski definition) is 1. The standard InChI is InChI=1S/C15H17N5/c1-11-10-12(2)20-14(18-19-15(20)17-11)8-9-16-13-6-4-3-5-7-13/h3-7,10,16H,8-9H2,1-2H3. The molecule has 0 amide bonds. The third kappa shape index (κ3) is 2.47. The van der Waals surface area contributed by atoms with E-state index in [1.807, 2.05) is 35.6 Å². The molecule has 3 rings (SSSR count). The van der Waals surface area contributed by atoms with E-state index in [1.165, 1.54) is 0 Å². The highest BCUT2D eigenvalue weighted by Gasteiger charge is 2.08. The first kappa shape index (κ1) is 12.6. The van der Waals surface area contributed by atoms with Crippen LogP contribution in [-0.2, 0) is 6.42 Å². The summed E-state index contributed by atoms with van der Waals surface area (Å²) in [6, 6.07) is 12.2. The van der Waals surface area contributed by atoms with Gasteiger partial charge in [-0.3, -0.25) is 4.40 Å². The van der Waals surface area contributed by atoms with Crippen molar-refractivity contribution >= 4 is 11.5 Å². The number of aryl methyl sites for hydroxylation is 2. The number of anilines is 1. The highest BCUT2D eigenvalue weighted by molar-refractivity contribution is 5.42. The number of rotatable bonds is 4. The molecule has 0 aliphatic rings. The van der Waals surface area contributed by atoms with Gasteiger partial charge in [-0.25, -0.2) is 4.98 Å². The van der Waals surface area contributed by atoms with Crippen LogP contribution < -0.4 is 5.32 Å². The molecule has 0 bridgehead atoms. The van der Waals surface area contributed by atoms with E-state index in [0.29, 0.717) is 5.78 Å². The Bertz CT molecular complexity index is 718. The van der Waals surface area contributed by atoms with Gasteiger partial charge in [0, 0.05) is 30.0 Å². The number of para-hydroxylation sites is 1. The van der Waals surface area contributed by atoms with Crippen LogP contribution in [0.2, 0.25) is 0 Å². The van der Waals surface area contributed by atoms with E-state index in [-0.39, 0.29) is 0 Å². The van der Waals surface area contributed by atoms with E-state index in [9.17, 15) is 0 Å². The predicted octanol–water partition coefficient (Wildman–Crippen LogP) is 2.40. The lowest BCUT2D eigenvalue weighted by Crippen LogP contribution is -2.09. The number of nitrogens with zero attached hydrogens (tertiary/aromatic N) is 4. The molecule has 0 fully saturated rings. The summed E-state index contributed by atoms with van der Waals surface area (Å²) in [5, 5.41) is 11.8. The third-order valence-corrected chi connectivity index (χ3v) is 3.21. The van der Waals surface area contributed by atoms with Gasteiger partial charge in [-0.2, -0.15) is 0 Å².